The van der Waals surface area contributed by atoms with Crippen molar-refractivity contribution in [3.05, 3.63) is 18.2 Å². The van der Waals surface area contributed by atoms with Crippen LogP contribution >= 0.6 is 0 Å². The molecule has 0 bridgehead atoms. The maximum Gasteiger partial charge on any atom is 0.108 e. The number of nitrogens with one attached hydrogen (secondary N) is 1. The van der Waals surface area contributed by atoms with E-state index in [0.29, 0.717) is 5.41 Å². The summed E-state index contributed by atoms with van der Waals surface area (Å²) < 4.78 is 2.14. The molecule has 0 spiro atoms. The fourth-order valence-electron chi connectivity index (χ4n) is 2.60. The van der Waals surface area contributed by atoms with Crippen molar-refractivity contribution in [1.82, 2.24) is 14.9 Å². The van der Waals surface area contributed by atoms with Gasteiger partial charge in [-0.1, -0.05) is 13.3 Å². The zero-order chi connectivity index (χ0) is 11.4. The number of aryl methyl sites for hydroxylation is 2. The highest BCUT2D eigenvalue weighted by Gasteiger charge is 2.35. The summed E-state index contributed by atoms with van der Waals surface area (Å²) in [6.45, 7) is 4.46. The fraction of sp³-hybridized carbons (Fsp3) is 0.769. The van der Waals surface area contributed by atoms with Crippen LogP contribution in [0.5, 0.6) is 0 Å². The molecule has 0 atom stereocenters. The lowest BCUT2D eigenvalue weighted by Crippen LogP contribution is -2.40. The predicted octanol–water partition coefficient (Wildman–Crippen LogP) is 2.13. The molecule has 1 N–H and O–H groups in total. The van der Waals surface area contributed by atoms with Crippen LogP contribution in [0, 0.1) is 5.41 Å². The molecule has 1 aliphatic carbocycles. The van der Waals surface area contributed by atoms with E-state index in [1.165, 1.54) is 38.1 Å². The third-order valence-electron chi connectivity index (χ3n) is 3.96. The lowest BCUT2D eigenvalue weighted by molar-refractivity contribution is 0.117. The number of hydrogen-bond acceptors (Lipinski definition) is 2. The molecule has 2 rings (SSSR count). The molecule has 0 aromatic carbocycles. The van der Waals surface area contributed by atoms with Gasteiger partial charge in [0.25, 0.3) is 0 Å². The second-order valence-electron chi connectivity index (χ2n) is 5.09. The molecule has 1 aliphatic rings. The number of aromatic nitrogens is 2. The van der Waals surface area contributed by atoms with E-state index >= 15 is 0 Å². The molecule has 1 heterocycles. The van der Waals surface area contributed by atoms with E-state index in [9.17, 15) is 0 Å². The Bertz CT molecular complexity index is 326. The van der Waals surface area contributed by atoms with E-state index in [-0.39, 0.29) is 0 Å². The summed E-state index contributed by atoms with van der Waals surface area (Å²) in [5, 5.41) is 3.51. The normalized spacial score (nSPS) is 18.4. The van der Waals surface area contributed by atoms with Gasteiger partial charge in [-0.15, -0.1) is 0 Å². The van der Waals surface area contributed by atoms with E-state index in [2.05, 4.69) is 28.8 Å². The first kappa shape index (κ1) is 11.6. The molecule has 1 aromatic heterocycles. The molecular formula is C13H23N3. The maximum absolute atomic E-state index is 4.40. The van der Waals surface area contributed by atoms with Crippen LogP contribution in [0.25, 0.3) is 0 Å². The Morgan fingerprint density at radius 2 is 2.31 bits per heavy atom. The molecule has 3 nitrogen and oxygen atoms in total. The summed E-state index contributed by atoms with van der Waals surface area (Å²) >= 11 is 0. The van der Waals surface area contributed by atoms with Crippen LogP contribution in [0.4, 0.5) is 0 Å². The zero-order valence-electron chi connectivity index (χ0n) is 10.5. The first-order valence-electron chi connectivity index (χ1n) is 6.43. The van der Waals surface area contributed by atoms with Crippen LogP contribution in [0.15, 0.2) is 12.4 Å². The lowest BCUT2D eigenvalue weighted by atomic mass is 9.66. The third-order valence-corrected chi connectivity index (χ3v) is 3.96. The fourth-order valence-corrected chi connectivity index (χ4v) is 2.60. The van der Waals surface area contributed by atoms with Gasteiger partial charge in [-0.3, -0.25) is 0 Å². The second kappa shape index (κ2) is 5.00. The topological polar surface area (TPSA) is 29.9 Å². The standard InChI is InChI=1S/C13H23N3/c1-3-14-11-13(6-4-7-13)8-5-12-15-9-10-16(12)2/h9-10,14H,3-8,11H2,1-2H3. The van der Waals surface area contributed by atoms with Gasteiger partial charge in [-0.25, -0.2) is 4.98 Å². The highest BCUT2D eigenvalue weighted by molar-refractivity contribution is 4.96. The van der Waals surface area contributed by atoms with Gasteiger partial charge in [0.1, 0.15) is 5.82 Å². The van der Waals surface area contributed by atoms with Gasteiger partial charge in [-0.05, 0) is 31.2 Å². The summed E-state index contributed by atoms with van der Waals surface area (Å²) in [6.07, 6.45) is 10.5. The van der Waals surface area contributed by atoms with Crippen molar-refractivity contribution < 1.29 is 0 Å². The first-order valence-corrected chi connectivity index (χ1v) is 6.43. The molecule has 3 heteroatoms. The number of hydrogen-bond donors (Lipinski definition) is 1. The minimum absolute atomic E-state index is 0.571. The van der Waals surface area contributed by atoms with Gasteiger partial charge >= 0.3 is 0 Å². The molecule has 0 saturated heterocycles. The van der Waals surface area contributed by atoms with Crippen molar-refractivity contribution in [2.45, 2.75) is 39.0 Å². The quantitative estimate of drug-likeness (QED) is 0.797. The molecule has 0 radical (unpaired) electrons. The molecule has 1 aromatic rings. The summed E-state index contributed by atoms with van der Waals surface area (Å²) in [4.78, 5) is 4.40. The predicted molar refractivity (Wildman–Crippen MR) is 66.4 cm³/mol. The summed E-state index contributed by atoms with van der Waals surface area (Å²) in [7, 11) is 2.08. The van der Waals surface area contributed by atoms with E-state index in [0.717, 1.165) is 13.0 Å². The van der Waals surface area contributed by atoms with E-state index in [1.54, 1.807) is 0 Å². The Kier molecular flexibility index (Phi) is 3.64. The molecular weight excluding hydrogens is 198 g/mol. The van der Waals surface area contributed by atoms with Gasteiger partial charge in [-0.2, -0.15) is 0 Å². The van der Waals surface area contributed by atoms with Crippen molar-refractivity contribution >= 4 is 0 Å². The maximum atomic E-state index is 4.40. The smallest absolute Gasteiger partial charge is 0.108 e. The zero-order valence-corrected chi connectivity index (χ0v) is 10.5. The van der Waals surface area contributed by atoms with Crippen molar-refractivity contribution in [3.63, 3.8) is 0 Å². The van der Waals surface area contributed by atoms with Crippen molar-refractivity contribution in [2.24, 2.45) is 12.5 Å². The molecule has 16 heavy (non-hydrogen) atoms. The summed E-state index contributed by atoms with van der Waals surface area (Å²) in [5.74, 6) is 1.22. The Balaban J connectivity index is 1.85. The minimum Gasteiger partial charge on any atom is -0.338 e. The Morgan fingerprint density at radius 3 is 2.81 bits per heavy atom. The lowest BCUT2D eigenvalue weighted by Gasteiger charge is -2.42. The minimum atomic E-state index is 0.571. The van der Waals surface area contributed by atoms with Crippen LogP contribution in [0.2, 0.25) is 0 Å². The van der Waals surface area contributed by atoms with E-state index < -0.39 is 0 Å². The van der Waals surface area contributed by atoms with Crippen LogP contribution in [-0.2, 0) is 13.5 Å². The number of imidazole rings is 1. The third kappa shape index (κ3) is 2.46. The van der Waals surface area contributed by atoms with Crippen molar-refractivity contribution in [2.75, 3.05) is 13.1 Å². The second-order valence-corrected chi connectivity index (χ2v) is 5.09. The molecule has 1 saturated carbocycles. The van der Waals surface area contributed by atoms with Crippen LogP contribution in [-0.4, -0.2) is 22.6 Å². The van der Waals surface area contributed by atoms with Gasteiger partial charge < -0.3 is 9.88 Å². The molecule has 0 aliphatic heterocycles. The van der Waals surface area contributed by atoms with Gasteiger partial charge in [0.15, 0.2) is 0 Å². The number of rotatable bonds is 6. The molecule has 0 unspecified atom stereocenters. The largest absolute Gasteiger partial charge is 0.338 e. The summed E-state index contributed by atoms with van der Waals surface area (Å²) in [5.41, 5.74) is 0.571. The van der Waals surface area contributed by atoms with Gasteiger partial charge in [0.05, 0.1) is 0 Å². The SMILES string of the molecule is CCNCC1(CCc2nccn2C)CCC1. The van der Waals surface area contributed by atoms with Crippen LogP contribution in [0.3, 0.4) is 0 Å². The van der Waals surface area contributed by atoms with Crippen LogP contribution in [0.1, 0.15) is 38.4 Å². The first-order chi connectivity index (χ1) is 7.76. The van der Waals surface area contributed by atoms with Gasteiger partial charge in [0.2, 0.25) is 0 Å². The average Bonchev–Trinajstić information content (AvgIpc) is 2.62. The molecule has 0 amide bonds. The molecule has 90 valence electrons. The Hall–Kier alpha value is -0.830. The average molecular weight is 221 g/mol. The highest BCUT2D eigenvalue weighted by atomic mass is 15.0. The van der Waals surface area contributed by atoms with Gasteiger partial charge in [0, 0.05) is 32.4 Å². The van der Waals surface area contributed by atoms with Crippen molar-refractivity contribution in [3.8, 4) is 0 Å². The Morgan fingerprint density at radius 1 is 1.50 bits per heavy atom. The monoisotopic (exact) mass is 221 g/mol. The highest BCUT2D eigenvalue weighted by Crippen LogP contribution is 2.44. The van der Waals surface area contributed by atoms with Crippen molar-refractivity contribution in [1.29, 1.82) is 0 Å². The van der Waals surface area contributed by atoms with E-state index in [4.69, 9.17) is 0 Å². The summed E-state index contributed by atoms with van der Waals surface area (Å²) in [6, 6.07) is 0. The van der Waals surface area contributed by atoms with E-state index in [1.807, 2.05) is 12.4 Å². The Labute approximate surface area is 98.3 Å². The van der Waals surface area contributed by atoms with Crippen LogP contribution < -0.4 is 5.32 Å². The molecule has 1 fully saturated rings. The number of nitrogens with zero attached hydrogens (tertiary/aromatic N) is 2.